The summed E-state index contributed by atoms with van der Waals surface area (Å²) < 4.78 is 5.25. The zero-order valence-electron chi connectivity index (χ0n) is 25.9. The highest BCUT2D eigenvalue weighted by molar-refractivity contribution is 6.02. The van der Waals surface area contributed by atoms with Gasteiger partial charge >= 0.3 is 6.09 Å². The lowest BCUT2D eigenvalue weighted by Gasteiger charge is -2.29. The number of amidine groups is 1. The maximum Gasteiger partial charge on any atom is 0.408 e. The van der Waals surface area contributed by atoms with Gasteiger partial charge in [-0.2, -0.15) is 0 Å². The molecule has 47 heavy (non-hydrogen) atoms. The molecule has 252 valence electrons. The number of nitrogen functional groups attached to an aromatic ring is 1. The Kier molecular flexibility index (Phi) is 14.0. The second kappa shape index (κ2) is 18.3. The molecule has 1 aliphatic heterocycles. The number of aliphatic imine (C=N–C) groups is 1. The first-order valence-corrected chi connectivity index (χ1v) is 15.2. The monoisotopic (exact) mass is 650 g/mol. The number of nitrogens with zero attached hydrogens (tertiary/aromatic N) is 1. The molecule has 0 aliphatic carbocycles. The molecule has 0 aromatic heterocycles. The third kappa shape index (κ3) is 12.7. The van der Waals surface area contributed by atoms with E-state index in [0.717, 1.165) is 5.56 Å². The molecule has 12 N–H and O–H groups in total. The van der Waals surface area contributed by atoms with Crippen LogP contribution in [0, 0.1) is 5.41 Å². The molecule has 16 nitrogen and oxygen atoms in total. The van der Waals surface area contributed by atoms with Crippen molar-refractivity contribution < 1.29 is 28.7 Å². The van der Waals surface area contributed by atoms with Crippen LogP contribution in [0.15, 0.2) is 59.6 Å². The van der Waals surface area contributed by atoms with E-state index in [4.69, 9.17) is 27.3 Å². The van der Waals surface area contributed by atoms with Crippen LogP contribution in [0.1, 0.15) is 49.7 Å². The Balaban J connectivity index is 1.40. The van der Waals surface area contributed by atoms with Crippen LogP contribution < -0.4 is 43.8 Å². The number of ether oxygens (including phenoxy) is 1. The summed E-state index contributed by atoms with van der Waals surface area (Å²) in [6.45, 7) is 0.591. The second-order valence-corrected chi connectivity index (χ2v) is 10.9. The number of hydrogen-bond donors (Lipinski definition) is 9. The maximum atomic E-state index is 12.9. The molecule has 0 bridgehead atoms. The van der Waals surface area contributed by atoms with Gasteiger partial charge in [0.2, 0.25) is 23.6 Å². The lowest BCUT2D eigenvalue weighted by Crippen LogP contribution is -2.62. The van der Waals surface area contributed by atoms with Gasteiger partial charge in [0.1, 0.15) is 30.6 Å². The van der Waals surface area contributed by atoms with Crippen LogP contribution >= 0.6 is 0 Å². The molecule has 0 radical (unpaired) electrons. The average Bonchev–Trinajstić information content (AvgIpc) is 3.03. The molecular formula is C31H42N10O6. The summed E-state index contributed by atoms with van der Waals surface area (Å²) in [5.41, 5.74) is 17.8. The van der Waals surface area contributed by atoms with E-state index in [2.05, 4.69) is 31.6 Å². The van der Waals surface area contributed by atoms with E-state index in [0.29, 0.717) is 36.9 Å². The summed E-state index contributed by atoms with van der Waals surface area (Å²) in [7, 11) is 0. The van der Waals surface area contributed by atoms with Crippen LogP contribution in [0.3, 0.4) is 0 Å². The lowest BCUT2D eigenvalue weighted by atomic mass is 10.0. The summed E-state index contributed by atoms with van der Waals surface area (Å²) in [6.07, 6.45) is 0.987. The zero-order chi connectivity index (χ0) is 34.2. The van der Waals surface area contributed by atoms with Gasteiger partial charge in [0.25, 0.3) is 0 Å². The molecule has 0 unspecified atom stereocenters. The van der Waals surface area contributed by atoms with Gasteiger partial charge in [-0.3, -0.25) is 29.6 Å². The molecule has 1 saturated heterocycles. The van der Waals surface area contributed by atoms with E-state index in [1.54, 1.807) is 18.2 Å². The van der Waals surface area contributed by atoms with E-state index >= 15 is 0 Å². The fourth-order valence-electron chi connectivity index (χ4n) is 4.67. The van der Waals surface area contributed by atoms with Gasteiger partial charge in [0.05, 0.1) is 6.42 Å². The number of nitrogens with two attached hydrogens (primary N) is 3. The van der Waals surface area contributed by atoms with Crippen LogP contribution in [0.2, 0.25) is 0 Å². The first kappa shape index (κ1) is 35.8. The highest BCUT2D eigenvalue weighted by Gasteiger charge is 2.34. The molecule has 2 aromatic rings. The number of nitrogens with one attached hydrogen (secondary N) is 6. The molecule has 16 heteroatoms. The topological polar surface area (TPSA) is 269 Å². The molecule has 5 amide bonds. The Morgan fingerprint density at radius 3 is 2.38 bits per heavy atom. The summed E-state index contributed by atoms with van der Waals surface area (Å²) in [4.78, 5) is 66.9. The quantitative estimate of drug-likeness (QED) is 0.0628. The van der Waals surface area contributed by atoms with E-state index < -0.39 is 47.8 Å². The van der Waals surface area contributed by atoms with Crippen LogP contribution in [0.5, 0.6) is 0 Å². The number of carbonyl (C=O) groups excluding carboxylic acids is 5. The summed E-state index contributed by atoms with van der Waals surface area (Å²) in [5.74, 6) is -2.02. The SMILES string of the molecule is N=C(N)c1cccc(NC(=O)C[C@@H]2NC(=O)[C@H](CCCCNC(=O)[C@H](CCCN=C(N)N)NC(=O)OCc3ccccc3)NC2=O)c1. The first-order chi connectivity index (χ1) is 22.5. The molecule has 1 aliphatic rings. The standard InChI is InChI=1S/C31H42N10O6/c32-26(33)20-10-6-11-21(16-20)38-25(42)17-24-29(45)39-23(28(44)40-24)12-4-5-14-36-27(43)22(13-7-15-37-30(34)35)41-31(46)47-18-19-8-2-1-3-9-19/h1-3,6,8-11,16,22-24H,4-5,7,12-15,17-18H2,(H3,32,33)(H,36,43)(H,38,42)(H,39,45)(H,40,44)(H,41,46)(H4,34,35,37)/t22-,23-,24-/m0/s1. The molecule has 1 heterocycles. The highest BCUT2D eigenvalue weighted by atomic mass is 16.5. The van der Waals surface area contributed by atoms with Gasteiger partial charge in [-0.15, -0.1) is 0 Å². The van der Waals surface area contributed by atoms with Crippen LogP contribution in [0.25, 0.3) is 0 Å². The minimum atomic E-state index is -1.04. The fourth-order valence-corrected chi connectivity index (χ4v) is 4.67. The number of amides is 5. The van der Waals surface area contributed by atoms with Crippen molar-refractivity contribution in [1.29, 1.82) is 5.41 Å². The van der Waals surface area contributed by atoms with Gasteiger partial charge in [-0.1, -0.05) is 42.5 Å². The minimum Gasteiger partial charge on any atom is -0.445 e. The summed E-state index contributed by atoms with van der Waals surface area (Å²) in [6, 6.07) is 12.8. The third-order valence-electron chi connectivity index (χ3n) is 7.10. The van der Waals surface area contributed by atoms with Crippen molar-refractivity contribution in [1.82, 2.24) is 21.3 Å². The molecule has 3 rings (SSSR count). The number of carbonyl (C=O) groups is 5. The van der Waals surface area contributed by atoms with E-state index in [-0.39, 0.29) is 44.3 Å². The molecular weight excluding hydrogens is 608 g/mol. The Labute approximate surface area is 272 Å². The molecule has 0 saturated carbocycles. The zero-order valence-corrected chi connectivity index (χ0v) is 25.9. The van der Waals surface area contributed by atoms with Gasteiger partial charge in [0.15, 0.2) is 5.96 Å². The number of benzene rings is 2. The van der Waals surface area contributed by atoms with Gasteiger partial charge in [0, 0.05) is 24.3 Å². The lowest BCUT2D eigenvalue weighted by molar-refractivity contribution is -0.138. The number of unbranched alkanes of at least 4 members (excludes halogenated alkanes) is 1. The van der Waals surface area contributed by atoms with Crippen molar-refractivity contribution in [2.24, 2.45) is 22.2 Å². The summed E-state index contributed by atoms with van der Waals surface area (Å²) >= 11 is 0. The van der Waals surface area contributed by atoms with E-state index in [1.165, 1.54) is 6.07 Å². The molecule has 1 fully saturated rings. The van der Waals surface area contributed by atoms with Crippen molar-refractivity contribution in [3.8, 4) is 0 Å². The van der Waals surface area contributed by atoms with Crippen molar-refractivity contribution in [2.75, 3.05) is 18.4 Å². The smallest absolute Gasteiger partial charge is 0.408 e. The predicted octanol–water partition coefficient (Wildman–Crippen LogP) is -0.0824. The van der Waals surface area contributed by atoms with Crippen molar-refractivity contribution in [3.63, 3.8) is 0 Å². The van der Waals surface area contributed by atoms with Gasteiger partial charge in [-0.05, 0) is 49.8 Å². The predicted molar refractivity (Wildman–Crippen MR) is 175 cm³/mol. The number of alkyl carbamates (subject to hydrolysis) is 1. The van der Waals surface area contributed by atoms with Crippen LogP contribution in [-0.4, -0.2) is 72.7 Å². The first-order valence-electron chi connectivity index (χ1n) is 15.2. The highest BCUT2D eigenvalue weighted by Crippen LogP contribution is 2.13. The molecule has 0 spiro atoms. The number of hydrogen-bond acceptors (Lipinski definition) is 8. The van der Waals surface area contributed by atoms with Crippen LogP contribution in [-0.2, 0) is 30.5 Å². The van der Waals surface area contributed by atoms with Crippen molar-refractivity contribution in [3.05, 3.63) is 65.7 Å². The van der Waals surface area contributed by atoms with E-state index in [1.807, 2.05) is 30.3 Å². The number of guanidine groups is 1. The fraction of sp³-hybridized carbons (Fsp3) is 0.387. The Morgan fingerprint density at radius 2 is 1.66 bits per heavy atom. The average molecular weight is 651 g/mol. The second-order valence-electron chi connectivity index (χ2n) is 10.9. The normalized spacial score (nSPS) is 16.1. The molecule has 2 aromatic carbocycles. The largest absolute Gasteiger partial charge is 0.445 e. The Hall–Kier alpha value is -5.67. The Morgan fingerprint density at radius 1 is 0.936 bits per heavy atom. The number of piperazine rings is 1. The molecule has 3 atom stereocenters. The minimum absolute atomic E-state index is 0.0465. The Bertz CT molecular complexity index is 1450. The van der Waals surface area contributed by atoms with Gasteiger partial charge < -0.3 is 48.5 Å². The third-order valence-corrected chi connectivity index (χ3v) is 7.10. The maximum absolute atomic E-state index is 12.9. The van der Waals surface area contributed by atoms with Crippen LogP contribution in [0.4, 0.5) is 10.5 Å². The number of anilines is 1. The summed E-state index contributed by atoms with van der Waals surface area (Å²) in [5, 5.41) is 20.8. The van der Waals surface area contributed by atoms with Crippen molar-refractivity contribution >= 4 is 47.2 Å². The number of rotatable bonds is 17. The van der Waals surface area contributed by atoms with E-state index in [9.17, 15) is 24.0 Å². The van der Waals surface area contributed by atoms with Crippen molar-refractivity contribution in [2.45, 2.75) is 63.3 Å². The van der Waals surface area contributed by atoms with Gasteiger partial charge in [-0.25, -0.2) is 4.79 Å².